The SMILES string of the molecule is CC(C)NCc1ccnc(-c2ccc(F)c(F)c2Br)n1. The number of nitrogens with zero attached hydrogens (tertiary/aromatic N) is 2. The summed E-state index contributed by atoms with van der Waals surface area (Å²) in [6.45, 7) is 4.66. The van der Waals surface area contributed by atoms with Crippen molar-refractivity contribution >= 4 is 15.9 Å². The van der Waals surface area contributed by atoms with Crippen LogP contribution in [0.1, 0.15) is 19.5 Å². The van der Waals surface area contributed by atoms with Crippen molar-refractivity contribution in [2.45, 2.75) is 26.4 Å². The smallest absolute Gasteiger partial charge is 0.173 e. The molecule has 0 aliphatic heterocycles. The number of halogens is 3. The topological polar surface area (TPSA) is 37.8 Å². The van der Waals surface area contributed by atoms with Crippen molar-refractivity contribution in [2.24, 2.45) is 0 Å². The van der Waals surface area contributed by atoms with Gasteiger partial charge in [0.15, 0.2) is 17.5 Å². The first-order valence-electron chi connectivity index (χ1n) is 6.18. The van der Waals surface area contributed by atoms with Crippen LogP contribution in [0.15, 0.2) is 28.9 Å². The minimum Gasteiger partial charge on any atom is -0.309 e. The Morgan fingerprint density at radius 2 is 2.00 bits per heavy atom. The Morgan fingerprint density at radius 1 is 1.25 bits per heavy atom. The summed E-state index contributed by atoms with van der Waals surface area (Å²) in [6, 6.07) is 4.64. The molecule has 1 heterocycles. The molecular weight excluding hydrogens is 328 g/mol. The second kappa shape index (κ2) is 6.37. The van der Waals surface area contributed by atoms with Gasteiger partial charge in [-0.25, -0.2) is 18.7 Å². The van der Waals surface area contributed by atoms with Gasteiger partial charge in [-0.1, -0.05) is 13.8 Å². The first kappa shape index (κ1) is 15.0. The Kier molecular flexibility index (Phi) is 4.77. The standard InChI is InChI=1S/C14H14BrF2N3/c1-8(2)19-7-9-5-6-18-14(20-9)10-3-4-11(16)13(17)12(10)15/h3-6,8,19H,7H2,1-2H3. The Bertz CT molecular complexity index is 617. The molecule has 0 atom stereocenters. The Morgan fingerprint density at radius 3 is 2.70 bits per heavy atom. The van der Waals surface area contributed by atoms with E-state index in [0.717, 1.165) is 11.8 Å². The van der Waals surface area contributed by atoms with E-state index in [9.17, 15) is 8.78 Å². The van der Waals surface area contributed by atoms with Crippen molar-refractivity contribution in [2.75, 3.05) is 0 Å². The fourth-order valence-corrected chi connectivity index (χ4v) is 2.13. The summed E-state index contributed by atoms with van der Waals surface area (Å²) >= 11 is 3.04. The van der Waals surface area contributed by atoms with E-state index < -0.39 is 11.6 Å². The van der Waals surface area contributed by atoms with Crippen molar-refractivity contribution < 1.29 is 8.78 Å². The molecule has 2 aromatic rings. The maximum atomic E-state index is 13.5. The zero-order chi connectivity index (χ0) is 14.7. The summed E-state index contributed by atoms with van der Waals surface area (Å²) in [5.74, 6) is -1.48. The fourth-order valence-electron chi connectivity index (χ4n) is 1.63. The molecule has 0 aliphatic carbocycles. The van der Waals surface area contributed by atoms with Crippen molar-refractivity contribution in [1.29, 1.82) is 0 Å². The lowest BCUT2D eigenvalue weighted by atomic mass is 10.2. The number of aromatic nitrogens is 2. The minimum atomic E-state index is -0.934. The molecule has 3 nitrogen and oxygen atoms in total. The molecule has 0 amide bonds. The predicted molar refractivity (Wildman–Crippen MR) is 77.1 cm³/mol. The van der Waals surface area contributed by atoms with Gasteiger partial charge in [-0.05, 0) is 34.1 Å². The van der Waals surface area contributed by atoms with Crippen molar-refractivity contribution in [1.82, 2.24) is 15.3 Å². The Balaban J connectivity index is 2.34. The van der Waals surface area contributed by atoms with Gasteiger partial charge in [0.1, 0.15) is 0 Å². The first-order chi connectivity index (χ1) is 9.49. The highest BCUT2D eigenvalue weighted by molar-refractivity contribution is 9.10. The molecule has 20 heavy (non-hydrogen) atoms. The summed E-state index contributed by atoms with van der Waals surface area (Å²) in [5.41, 5.74) is 1.22. The van der Waals surface area contributed by atoms with Crippen LogP contribution >= 0.6 is 15.9 Å². The van der Waals surface area contributed by atoms with Crippen LogP contribution in [0.3, 0.4) is 0 Å². The van der Waals surface area contributed by atoms with Crippen LogP contribution in [-0.4, -0.2) is 16.0 Å². The third kappa shape index (κ3) is 3.37. The second-order valence-corrected chi connectivity index (χ2v) is 5.42. The van der Waals surface area contributed by atoms with E-state index >= 15 is 0 Å². The van der Waals surface area contributed by atoms with E-state index in [2.05, 4.69) is 31.2 Å². The highest BCUT2D eigenvalue weighted by Crippen LogP contribution is 2.29. The Hall–Kier alpha value is -1.40. The predicted octanol–water partition coefficient (Wildman–Crippen LogP) is 3.68. The zero-order valence-electron chi connectivity index (χ0n) is 11.1. The van der Waals surface area contributed by atoms with Crippen LogP contribution in [0, 0.1) is 11.6 Å². The number of benzene rings is 1. The molecule has 0 unspecified atom stereocenters. The third-order valence-corrected chi connectivity index (χ3v) is 3.46. The largest absolute Gasteiger partial charge is 0.309 e. The maximum absolute atomic E-state index is 13.5. The van der Waals surface area contributed by atoms with E-state index in [1.165, 1.54) is 6.07 Å². The molecule has 0 aliphatic rings. The number of rotatable bonds is 4. The molecule has 2 rings (SSSR count). The monoisotopic (exact) mass is 341 g/mol. The first-order valence-corrected chi connectivity index (χ1v) is 6.97. The molecule has 106 valence electrons. The number of nitrogens with one attached hydrogen (secondary N) is 1. The molecule has 0 radical (unpaired) electrons. The quantitative estimate of drug-likeness (QED) is 0.862. The highest BCUT2D eigenvalue weighted by atomic mass is 79.9. The van der Waals surface area contributed by atoms with Gasteiger partial charge in [0.05, 0.1) is 10.2 Å². The minimum absolute atomic E-state index is 0.0338. The normalized spacial score (nSPS) is 11.1. The average molecular weight is 342 g/mol. The molecule has 0 fully saturated rings. The van der Waals surface area contributed by atoms with Gasteiger partial charge in [0.2, 0.25) is 0 Å². The van der Waals surface area contributed by atoms with Gasteiger partial charge in [-0.3, -0.25) is 0 Å². The van der Waals surface area contributed by atoms with Crippen LogP contribution in [0.4, 0.5) is 8.78 Å². The Labute approximate surface area is 124 Å². The lowest BCUT2D eigenvalue weighted by Gasteiger charge is -2.09. The van der Waals surface area contributed by atoms with Crippen LogP contribution in [0.5, 0.6) is 0 Å². The molecule has 0 saturated heterocycles. The van der Waals surface area contributed by atoms with Crippen LogP contribution < -0.4 is 5.32 Å². The molecular formula is C14H14BrF2N3. The van der Waals surface area contributed by atoms with E-state index in [-0.39, 0.29) is 4.47 Å². The molecule has 0 spiro atoms. The molecule has 6 heteroatoms. The van der Waals surface area contributed by atoms with Gasteiger partial charge < -0.3 is 5.32 Å². The second-order valence-electron chi connectivity index (χ2n) is 4.63. The summed E-state index contributed by atoms with van der Waals surface area (Å²) < 4.78 is 26.7. The van der Waals surface area contributed by atoms with E-state index in [1.807, 2.05) is 13.8 Å². The third-order valence-electron chi connectivity index (χ3n) is 2.68. The summed E-state index contributed by atoms with van der Waals surface area (Å²) in [4.78, 5) is 8.46. The van der Waals surface area contributed by atoms with Crippen molar-refractivity contribution in [3.63, 3.8) is 0 Å². The van der Waals surface area contributed by atoms with Gasteiger partial charge in [0.25, 0.3) is 0 Å². The summed E-state index contributed by atoms with van der Waals surface area (Å²) in [6.07, 6.45) is 1.60. The average Bonchev–Trinajstić information content (AvgIpc) is 2.43. The molecule has 0 bridgehead atoms. The van der Waals surface area contributed by atoms with E-state index in [0.29, 0.717) is 24.0 Å². The van der Waals surface area contributed by atoms with Gasteiger partial charge >= 0.3 is 0 Å². The van der Waals surface area contributed by atoms with E-state index in [4.69, 9.17) is 0 Å². The fraction of sp³-hybridized carbons (Fsp3) is 0.286. The van der Waals surface area contributed by atoms with Crippen LogP contribution in [0.2, 0.25) is 0 Å². The van der Waals surface area contributed by atoms with Crippen LogP contribution in [-0.2, 0) is 6.54 Å². The molecule has 1 N–H and O–H groups in total. The number of hydrogen-bond donors (Lipinski definition) is 1. The summed E-state index contributed by atoms with van der Waals surface area (Å²) in [5, 5.41) is 3.24. The van der Waals surface area contributed by atoms with Crippen molar-refractivity contribution in [3.8, 4) is 11.4 Å². The zero-order valence-corrected chi connectivity index (χ0v) is 12.7. The molecule has 1 aromatic carbocycles. The van der Waals surface area contributed by atoms with E-state index in [1.54, 1.807) is 12.3 Å². The van der Waals surface area contributed by atoms with Gasteiger partial charge in [-0.15, -0.1) is 0 Å². The van der Waals surface area contributed by atoms with Gasteiger partial charge in [0, 0.05) is 24.3 Å². The summed E-state index contributed by atoms with van der Waals surface area (Å²) in [7, 11) is 0. The van der Waals surface area contributed by atoms with Gasteiger partial charge in [-0.2, -0.15) is 0 Å². The van der Waals surface area contributed by atoms with Crippen molar-refractivity contribution in [3.05, 3.63) is 46.2 Å². The molecule has 0 saturated carbocycles. The maximum Gasteiger partial charge on any atom is 0.173 e. The van der Waals surface area contributed by atoms with Crippen LogP contribution in [0.25, 0.3) is 11.4 Å². The number of hydrogen-bond acceptors (Lipinski definition) is 3. The lowest BCUT2D eigenvalue weighted by Crippen LogP contribution is -2.22. The lowest BCUT2D eigenvalue weighted by molar-refractivity contribution is 0.504. The highest BCUT2D eigenvalue weighted by Gasteiger charge is 2.14. The molecule has 1 aromatic heterocycles.